The summed E-state index contributed by atoms with van der Waals surface area (Å²) in [4.78, 5) is 15.9. The highest BCUT2D eigenvalue weighted by atomic mass is 16.6. The molecule has 1 N–H and O–H groups in total. The van der Waals surface area contributed by atoms with Crippen molar-refractivity contribution < 1.29 is 9.53 Å². The van der Waals surface area contributed by atoms with Crippen molar-refractivity contribution in [1.82, 2.24) is 15.1 Å². The first-order valence-corrected chi connectivity index (χ1v) is 7.06. The Morgan fingerprint density at radius 2 is 1.89 bits per heavy atom. The van der Waals surface area contributed by atoms with Gasteiger partial charge in [0, 0.05) is 26.2 Å². The van der Waals surface area contributed by atoms with Crippen LogP contribution in [0, 0.1) is 5.92 Å². The van der Waals surface area contributed by atoms with Gasteiger partial charge < -0.3 is 19.9 Å². The van der Waals surface area contributed by atoms with Crippen molar-refractivity contribution in [3.8, 4) is 0 Å². The Morgan fingerprint density at radius 1 is 1.22 bits per heavy atom. The van der Waals surface area contributed by atoms with Gasteiger partial charge in [0.15, 0.2) is 0 Å². The van der Waals surface area contributed by atoms with Crippen LogP contribution >= 0.6 is 0 Å². The molecule has 5 nitrogen and oxygen atoms in total. The molecule has 0 aromatic rings. The molecule has 5 heteroatoms. The predicted octanol–water partition coefficient (Wildman–Crippen LogP) is 0.760. The fourth-order valence-corrected chi connectivity index (χ4v) is 2.56. The third-order valence-electron chi connectivity index (χ3n) is 3.97. The molecule has 104 valence electrons. The highest BCUT2D eigenvalue weighted by Crippen LogP contribution is 2.15. The van der Waals surface area contributed by atoms with E-state index in [1.54, 1.807) is 0 Å². The summed E-state index contributed by atoms with van der Waals surface area (Å²) in [6.07, 6.45) is 3.32. The molecule has 18 heavy (non-hydrogen) atoms. The van der Waals surface area contributed by atoms with Crippen molar-refractivity contribution in [2.75, 3.05) is 52.9 Å². The quantitative estimate of drug-likeness (QED) is 0.809. The lowest BCUT2D eigenvalue weighted by molar-refractivity contribution is 0.0765. The average Bonchev–Trinajstić information content (AvgIpc) is 2.40. The lowest BCUT2D eigenvalue weighted by atomic mass is 9.95. The van der Waals surface area contributed by atoms with E-state index in [1.807, 2.05) is 4.90 Å². The molecule has 0 bridgehead atoms. The molecule has 0 aromatic carbocycles. The van der Waals surface area contributed by atoms with Crippen LogP contribution in [0.2, 0.25) is 0 Å². The molecule has 2 rings (SSSR count). The Morgan fingerprint density at radius 3 is 2.56 bits per heavy atom. The summed E-state index contributed by atoms with van der Waals surface area (Å²) in [5.41, 5.74) is 0. The second-order valence-electron chi connectivity index (χ2n) is 5.39. The summed E-state index contributed by atoms with van der Waals surface area (Å²) in [6, 6.07) is 0. The normalized spacial score (nSPS) is 23.1. The van der Waals surface area contributed by atoms with E-state index in [-0.39, 0.29) is 6.09 Å². The van der Waals surface area contributed by atoms with Crippen LogP contribution in [0.25, 0.3) is 0 Å². The lowest BCUT2D eigenvalue weighted by Crippen LogP contribution is -2.47. The molecule has 2 saturated heterocycles. The molecule has 1 amide bonds. The van der Waals surface area contributed by atoms with Crippen molar-refractivity contribution in [3.63, 3.8) is 0 Å². The number of nitrogens with zero attached hydrogens (tertiary/aromatic N) is 2. The molecule has 0 atom stereocenters. The Labute approximate surface area is 109 Å². The van der Waals surface area contributed by atoms with Crippen molar-refractivity contribution in [1.29, 1.82) is 0 Å². The zero-order valence-corrected chi connectivity index (χ0v) is 11.4. The van der Waals surface area contributed by atoms with E-state index in [0.29, 0.717) is 6.61 Å². The Bertz CT molecular complexity index is 259. The van der Waals surface area contributed by atoms with Crippen LogP contribution in [0.4, 0.5) is 4.79 Å². The zero-order valence-electron chi connectivity index (χ0n) is 11.4. The van der Waals surface area contributed by atoms with E-state index in [4.69, 9.17) is 4.74 Å². The van der Waals surface area contributed by atoms with E-state index < -0.39 is 0 Å². The molecule has 0 radical (unpaired) electrons. The van der Waals surface area contributed by atoms with Crippen LogP contribution in [-0.4, -0.2) is 68.8 Å². The first-order valence-electron chi connectivity index (χ1n) is 7.06. The van der Waals surface area contributed by atoms with Gasteiger partial charge in [-0.3, -0.25) is 0 Å². The minimum atomic E-state index is -0.128. The molecule has 0 aromatic heterocycles. The monoisotopic (exact) mass is 255 g/mol. The summed E-state index contributed by atoms with van der Waals surface area (Å²) < 4.78 is 5.37. The van der Waals surface area contributed by atoms with Gasteiger partial charge in [-0.25, -0.2) is 4.79 Å². The zero-order chi connectivity index (χ0) is 12.8. The van der Waals surface area contributed by atoms with Gasteiger partial charge >= 0.3 is 6.09 Å². The lowest BCUT2D eigenvalue weighted by Gasteiger charge is -2.31. The van der Waals surface area contributed by atoms with E-state index in [1.165, 1.54) is 12.8 Å². The summed E-state index contributed by atoms with van der Waals surface area (Å²) in [5.74, 6) is 0.728. The second-order valence-corrected chi connectivity index (χ2v) is 5.39. The van der Waals surface area contributed by atoms with Gasteiger partial charge in [0.05, 0.1) is 6.61 Å². The highest BCUT2D eigenvalue weighted by Gasteiger charge is 2.20. The maximum absolute atomic E-state index is 11.8. The summed E-state index contributed by atoms with van der Waals surface area (Å²) in [5, 5.41) is 3.35. The Balaban J connectivity index is 1.59. The predicted molar refractivity (Wildman–Crippen MR) is 70.6 cm³/mol. The molecule has 0 unspecified atom stereocenters. The molecular formula is C13H25N3O2. The highest BCUT2D eigenvalue weighted by molar-refractivity contribution is 5.67. The summed E-state index contributed by atoms with van der Waals surface area (Å²) in [6.45, 7) is 6.28. The fraction of sp³-hybridized carbons (Fsp3) is 0.923. The van der Waals surface area contributed by atoms with Crippen molar-refractivity contribution in [2.45, 2.75) is 19.3 Å². The minimum Gasteiger partial charge on any atom is -0.449 e. The van der Waals surface area contributed by atoms with E-state index >= 15 is 0 Å². The summed E-state index contributed by atoms with van der Waals surface area (Å²) >= 11 is 0. The van der Waals surface area contributed by atoms with Crippen LogP contribution in [0.5, 0.6) is 0 Å². The molecule has 0 spiro atoms. The largest absolute Gasteiger partial charge is 0.449 e. The molecule has 2 heterocycles. The van der Waals surface area contributed by atoms with Gasteiger partial charge in [-0.2, -0.15) is 0 Å². The number of piperidine rings is 1. The standard InChI is InChI=1S/C13H25N3O2/c1-15-7-9-16(10-8-15)13(17)18-11-4-12-2-5-14-6-3-12/h12,14H,2-11H2,1H3. The van der Waals surface area contributed by atoms with Gasteiger partial charge in [-0.05, 0) is 45.3 Å². The molecular weight excluding hydrogens is 230 g/mol. The van der Waals surface area contributed by atoms with E-state index in [9.17, 15) is 4.79 Å². The molecule has 2 aliphatic heterocycles. The number of ether oxygens (including phenoxy) is 1. The van der Waals surface area contributed by atoms with Gasteiger partial charge in [-0.1, -0.05) is 0 Å². The third-order valence-corrected chi connectivity index (χ3v) is 3.97. The van der Waals surface area contributed by atoms with Gasteiger partial charge in [0.2, 0.25) is 0 Å². The van der Waals surface area contributed by atoms with Crippen LogP contribution in [0.3, 0.4) is 0 Å². The van der Waals surface area contributed by atoms with Crippen LogP contribution in [0.1, 0.15) is 19.3 Å². The number of carbonyl (C=O) groups excluding carboxylic acids is 1. The molecule has 2 aliphatic rings. The maximum atomic E-state index is 11.8. The number of carbonyl (C=O) groups is 1. The van der Waals surface area contributed by atoms with Gasteiger partial charge in [0.25, 0.3) is 0 Å². The second kappa shape index (κ2) is 6.95. The third kappa shape index (κ3) is 4.14. The van der Waals surface area contributed by atoms with Crippen molar-refractivity contribution in [2.24, 2.45) is 5.92 Å². The molecule has 0 saturated carbocycles. The van der Waals surface area contributed by atoms with E-state index in [2.05, 4.69) is 17.3 Å². The Kier molecular flexibility index (Phi) is 5.26. The fourth-order valence-electron chi connectivity index (χ4n) is 2.56. The molecule has 2 fully saturated rings. The number of hydrogen-bond acceptors (Lipinski definition) is 4. The number of hydrogen-bond donors (Lipinski definition) is 1. The van der Waals surface area contributed by atoms with Crippen LogP contribution in [-0.2, 0) is 4.74 Å². The number of rotatable bonds is 3. The SMILES string of the molecule is CN1CCN(C(=O)OCCC2CCNCC2)CC1. The average molecular weight is 255 g/mol. The summed E-state index contributed by atoms with van der Waals surface area (Å²) in [7, 11) is 2.08. The Hall–Kier alpha value is -0.810. The number of nitrogens with one attached hydrogen (secondary N) is 1. The number of amides is 1. The van der Waals surface area contributed by atoms with Crippen molar-refractivity contribution >= 4 is 6.09 Å². The van der Waals surface area contributed by atoms with Gasteiger partial charge in [0.1, 0.15) is 0 Å². The van der Waals surface area contributed by atoms with Crippen LogP contribution < -0.4 is 5.32 Å². The topological polar surface area (TPSA) is 44.8 Å². The number of likely N-dealkylation sites (N-methyl/N-ethyl adjacent to an activating group) is 1. The smallest absolute Gasteiger partial charge is 0.409 e. The molecule has 0 aliphatic carbocycles. The van der Waals surface area contributed by atoms with Crippen LogP contribution in [0.15, 0.2) is 0 Å². The first kappa shape index (κ1) is 13.6. The van der Waals surface area contributed by atoms with Crippen molar-refractivity contribution in [3.05, 3.63) is 0 Å². The first-order chi connectivity index (χ1) is 8.75. The van der Waals surface area contributed by atoms with E-state index in [0.717, 1.165) is 51.6 Å². The minimum absolute atomic E-state index is 0.128. The number of piperazine rings is 1. The maximum Gasteiger partial charge on any atom is 0.409 e. The van der Waals surface area contributed by atoms with Gasteiger partial charge in [-0.15, -0.1) is 0 Å².